The molecule has 0 saturated heterocycles. The third-order valence-corrected chi connectivity index (χ3v) is 3.19. The van der Waals surface area contributed by atoms with Crippen LogP contribution in [-0.2, 0) is 0 Å². The number of nitrogens with one attached hydrogen (secondary N) is 1. The maximum atomic E-state index is 13.0. The molecule has 2 aromatic rings. The normalized spacial score (nSPS) is 10.1. The Morgan fingerprint density at radius 1 is 1.29 bits per heavy atom. The topological polar surface area (TPSA) is 60.1 Å². The summed E-state index contributed by atoms with van der Waals surface area (Å²) >= 11 is 0. The van der Waals surface area contributed by atoms with E-state index in [4.69, 9.17) is 5.73 Å². The van der Waals surface area contributed by atoms with Crippen molar-refractivity contribution in [3.05, 3.63) is 53.1 Å². The average molecular weight is 312 g/mol. The molecule has 0 aliphatic carbocycles. The molecule has 0 bridgehead atoms. The van der Waals surface area contributed by atoms with Crippen LogP contribution in [0.5, 0.6) is 0 Å². The SMILES string of the molecule is Cc1cc(C(=O)NCCN)c(C)n1-c1ccc(F)cc1.Cl. The van der Waals surface area contributed by atoms with Crippen molar-refractivity contribution in [2.24, 2.45) is 5.73 Å². The zero-order chi connectivity index (χ0) is 14.7. The van der Waals surface area contributed by atoms with Crippen LogP contribution in [0.1, 0.15) is 21.7 Å². The van der Waals surface area contributed by atoms with E-state index in [1.165, 1.54) is 12.1 Å². The van der Waals surface area contributed by atoms with E-state index in [2.05, 4.69) is 5.32 Å². The summed E-state index contributed by atoms with van der Waals surface area (Å²) < 4.78 is 14.9. The minimum Gasteiger partial charge on any atom is -0.351 e. The standard InChI is InChI=1S/C15H18FN3O.ClH/c1-10-9-14(15(20)18-8-7-17)11(2)19(10)13-5-3-12(16)4-6-13;/h3-6,9H,7-8,17H2,1-2H3,(H,18,20);1H. The minimum absolute atomic E-state index is 0. The number of carbonyl (C=O) groups is 1. The third-order valence-electron chi connectivity index (χ3n) is 3.19. The lowest BCUT2D eigenvalue weighted by molar-refractivity contribution is 0.0954. The van der Waals surface area contributed by atoms with Crippen molar-refractivity contribution in [1.29, 1.82) is 0 Å². The van der Waals surface area contributed by atoms with Gasteiger partial charge in [-0.15, -0.1) is 12.4 Å². The molecule has 0 radical (unpaired) electrons. The molecule has 0 saturated carbocycles. The molecule has 0 atom stereocenters. The summed E-state index contributed by atoms with van der Waals surface area (Å²) in [5.74, 6) is -0.422. The number of amides is 1. The number of rotatable bonds is 4. The first-order valence-corrected chi connectivity index (χ1v) is 6.47. The number of hydrogen-bond acceptors (Lipinski definition) is 2. The fraction of sp³-hybridized carbons (Fsp3) is 0.267. The Balaban J connectivity index is 0.00000220. The van der Waals surface area contributed by atoms with Gasteiger partial charge in [0.2, 0.25) is 0 Å². The summed E-state index contributed by atoms with van der Waals surface area (Å²) in [5.41, 5.74) is 8.57. The molecule has 1 amide bonds. The molecule has 0 fully saturated rings. The van der Waals surface area contributed by atoms with E-state index in [1.807, 2.05) is 24.5 Å². The van der Waals surface area contributed by atoms with Crippen molar-refractivity contribution in [3.63, 3.8) is 0 Å². The first kappa shape index (κ1) is 17.2. The number of nitrogens with two attached hydrogens (primary N) is 1. The molecule has 1 heterocycles. The highest BCUT2D eigenvalue weighted by molar-refractivity contribution is 5.95. The van der Waals surface area contributed by atoms with E-state index in [1.54, 1.807) is 12.1 Å². The molecule has 3 N–H and O–H groups in total. The second-order valence-corrected chi connectivity index (χ2v) is 4.64. The zero-order valence-electron chi connectivity index (χ0n) is 12.0. The van der Waals surface area contributed by atoms with Crippen molar-refractivity contribution in [2.45, 2.75) is 13.8 Å². The summed E-state index contributed by atoms with van der Waals surface area (Å²) in [5, 5.41) is 2.75. The molecular weight excluding hydrogens is 293 g/mol. The molecule has 114 valence electrons. The quantitative estimate of drug-likeness (QED) is 0.910. The van der Waals surface area contributed by atoms with E-state index < -0.39 is 0 Å². The molecule has 0 aliphatic rings. The number of aryl methyl sites for hydroxylation is 1. The minimum atomic E-state index is -0.280. The van der Waals surface area contributed by atoms with Crippen molar-refractivity contribution >= 4 is 18.3 Å². The van der Waals surface area contributed by atoms with Gasteiger partial charge in [0, 0.05) is 30.2 Å². The summed E-state index contributed by atoms with van der Waals surface area (Å²) in [6.45, 7) is 4.63. The Hall–Kier alpha value is -1.85. The van der Waals surface area contributed by atoms with Crippen LogP contribution in [0.3, 0.4) is 0 Å². The smallest absolute Gasteiger partial charge is 0.253 e. The van der Waals surface area contributed by atoms with Crippen LogP contribution in [-0.4, -0.2) is 23.6 Å². The monoisotopic (exact) mass is 311 g/mol. The van der Waals surface area contributed by atoms with Gasteiger partial charge in [-0.2, -0.15) is 0 Å². The zero-order valence-corrected chi connectivity index (χ0v) is 12.8. The van der Waals surface area contributed by atoms with Crippen LogP contribution in [0.4, 0.5) is 4.39 Å². The van der Waals surface area contributed by atoms with Gasteiger partial charge in [-0.1, -0.05) is 0 Å². The van der Waals surface area contributed by atoms with E-state index >= 15 is 0 Å². The highest BCUT2D eigenvalue weighted by Gasteiger charge is 2.16. The fourth-order valence-electron chi connectivity index (χ4n) is 2.26. The van der Waals surface area contributed by atoms with Gasteiger partial charge in [0.15, 0.2) is 0 Å². The molecule has 2 rings (SSSR count). The number of carbonyl (C=O) groups excluding carboxylic acids is 1. The number of halogens is 2. The fourth-order valence-corrected chi connectivity index (χ4v) is 2.26. The summed E-state index contributed by atoms with van der Waals surface area (Å²) in [4.78, 5) is 12.0. The lowest BCUT2D eigenvalue weighted by Gasteiger charge is -2.10. The number of hydrogen-bond donors (Lipinski definition) is 2. The molecular formula is C15H19ClFN3O. The molecule has 1 aromatic carbocycles. The Morgan fingerprint density at radius 2 is 1.90 bits per heavy atom. The first-order chi connectivity index (χ1) is 9.54. The maximum Gasteiger partial charge on any atom is 0.253 e. The summed E-state index contributed by atoms with van der Waals surface area (Å²) in [6.07, 6.45) is 0. The van der Waals surface area contributed by atoms with Crippen molar-refractivity contribution in [2.75, 3.05) is 13.1 Å². The molecule has 4 nitrogen and oxygen atoms in total. The van der Waals surface area contributed by atoms with Crippen LogP contribution < -0.4 is 11.1 Å². The molecule has 0 spiro atoms. The molecule has 6 heteroatoms. The van der Waals surface area contributed by atoms with Crippen molar-refractivity contribution < 1.29 is 9.18 Å². The predicted octanol–water partition coefficient (Wildman–Crippen LogP) is 2.34. The third kappa shape index (κ3) is 3.62. The van der Waals surface area contributed by atoms with E-state index in [9.17, 15) is 9.18 Å². The van der Waals surface area contributed by atoms with E-state index in [-0.39, 0.29) is 24.1 Å². The summed E-state index contributed by atoms with van der Waals surface area (Å²) in [7, 11) is 0. The maximum absolute atomic E-state index is 13.0. The number of aromatic nitrogens is 1. The largest absolute Gasteiger partial charge is 0.351 e. The van der Waals surface area contributed by atoms with Gasteiger partial charge < -0.3 is 15.6 Å². The Kier molecular flexibility index (Phi) is 5.93. The molecule has 0 aliphatic heterocycles. The van der Waals surface area contributed by atoms with Crippen LogP contribution in [0, 0.1) is 19.7 Å². The van der Waals surface area contributed by atoms with E-state index in [0.29, 0.717) is 18.7 Å². The van der Waals surface area contributed by atoms with Crippen LogP contribution >= 0.6 is 12.4 Å². The number of benzene rings is 1. The number of nitrogens with zero attached hydrogens (tertiary/aromatic N) is 1. The lowest BCUT2D eigenvalue weighted by atomic mass is 10.2. The predicted molar refractivity (Wildman–Crippen MR) is 83.8 cm³/mol. The lowest BCUT2D eigenvalue weighted by Crippen LogP contribution is -2.29. The molecule has 0 unspecified atom stereocenters. The van der Waals surface area contributed by atoms with Crippen LogP contribution in [0.15, 0.2) is 30.3 Å². The Morgan fingerprint density at radius 3 is 2.48 bits per heavy atom. The second-order valence-electron chi connectivity index (χ2n) is 4.64. The van der Waals surface area contributed by atoms with Crippen LogP contribution in [0.25, 0.3) is 5.69 Å². The molecule has 21 heavy (non-hydrogen) atoms. The average Bonchev–Trinajstić information content (AvgIpc) is 2.73. The summed E-state index contributed by atoms with van der Waals surface area (Å²) in [6, 6.07) is 8.02. The van der Waals surface area contributed by atoms with Gasteiger partial charge in [0.25, 0.3) is 5.91 Å². The van der Waals surface area contributed by atoms with Gasteiger partial charge in [0.1, 0.15) is 5.82 Å². The van der Waals surface area contributed by atoms with Gasteiger partial charge in [-0.05, 0) is 44.2 Å². The van der Waals surface area contributed by atoms with Crippen molar-refractivity contribution in [3.8, 4) is 5.69 Å². The van der Waals surface area contributed by atoms with Gasteiger partial charge in [0.05, 0.1) is 5.56 Å². The van der Waals surface area contributed by atoms with Crippen LogP contribution in [0.2, 0.25) is 0 Å². The highest BCUT2D eigenvalue weighted by Crippen LogP contribution is 2.21. The molecule has 1 aromatic heterocycles. The first-order valence-electron chi connectivity index (χ1n) is 6.47. The van der Waals surface area contributed by atoms with Crippen molar-refractivity contribution in [1.82, 2.24) is 9.88 Å². The van der Waals surface area contributed by atoms with Gasteiger partial charge >= 0.3 is 0 Å². The van der Waals surface area contributed by atoms with Gasteiger partial charge in [-0.25, -0.2) is 4.39 Å². The highest BCUT2D eigenvalue weighted by atomic mass is 35.5. The van der Waals surface area contributed by atoms with Gasteiger partial charge in [-0.3, -0.25) is 4.79 Å². The van der Waals surface area contributed by atoms with E-state index in [0.717, 1.165) is 17.1 Å². The Bertz CT molecular complexity index is 623. The Labute approximate surface area is 129 Å². The second kappa shape index (κ2) is 7.24.